The molecule has 1 aromatic carbocycles. The third-order valence-electron chi connectivity index (χ3n) is 4.63. The number of hydrogen-bond acceptors (Lipinski definition) is 5. The van der Waals surface area contributed by atoms with Crippen LogP contribution in [0.3, 0.4) is 0 Å². The van der Waals surface area contributed by atoms with Gasteiger partial charge in [0.25, 0.3) is 0 Å². The molecule has 2 rings (SSSR count). The van der Waals surface area contributed by atoms with Crippen LogP contribution in [0.5, 0.6) is 0 Å². The van der Waals surface area contributed by atoms with Gasteiger partial charge in [-0.2, -0.15) is 0 Å². The van der Waals surface area contributed by atoms with Crippen LogP contribution in [-0.4, -0.2) is 34.4 Å². The molecular weight excluding hydrogens is 392 g/mol. The van der Waals surface area contributed by atoms with Crippen LogP contribution in [0.25, 0.3) is 0 Å². The third kappa shape index (κ3) is 6.36. The number of benzene rings is 1. The third-order valence-corrected chi connectivity index (χ3v) is 4.63. The Morgan fingerprint density at radius 1 is 0.871 bits per heavy atom. The van der Waals surface area contributed by atoms with Gasteiger partial charge in [0, 0.05) is 6.42 Å². The molecule has 1 N–H and O–H groups in total. The van der Waals surface area contributed by atoms with Crippen molar-refractivity contribution >= 4 is 11.9 Å². The van der Waals surface area contributed by atoms with E-state index >= 15 is 0 Å². The van der Waals surface area contributed by atoms with E-state index in [1.165, 1.54) is 0 Å². The van der Waals surface area contributed by atoms with Crippen molar-refractivity contribution in [3.63, 3.8) is 0 Å². The number of aliphatic hydroxyl groups is 1. The standard InChI is InChI=1S/C26H32O5/c1-16-17(2)22(24(29)31-26(6,7)8)20-15-14-18(27)12-10-9-11-13-19(20)21(16)23(28)30-25(3,4)5/h18,27H,9-10,12H2,1-8H3. The first-order valence-electron chi connectivity index (χ1n) is 10.5. The van der Waals surface area contributed by atoms with Crippen molar-refractivity contribution in [2.75, 3.05) is 0 Å². The molecule has 0 saturated carbocycles. The predicted molar refractivity (Wildman–Crippen MR) is 120 cm³/mol. The van der Waals surface area contributed by atoms with Crippen LogP contribution < -0.4 is 0 Å². The number of hydrogen-bond donors (Lipinski definition) is 1. The first kappa shape index (κ1) is 24.5. The first-order valence-corrected chi connectivity index (χ1v) is 10.5. The van der Waals surface area contributed by atoms with Crippen molar-refractivity contribution in [2.45, 2.75) is 92.0 Å². The minimum Gasteiger partial charge on any atom is -0.456 e. The highest BCUT2D eigenvalue weighted by atomic mass is 16.6. The van der Waals surface area contributed by atoms with Gasteiger partial charge in [0.2, 0.25) is 0 Å². The Kier molecular flexibility index (Phi) is 7.25. The average molecular weight is 425 g/mol. The molecule has 0 heterocycles. The Morgan fingerprint density at radius 3 is 1.77 bits per heavy atom. The zero-order chi connectivity index (χ0) is 23.6. The van der Waals surface area contributed by atoms with Gasteiger partial charge in [-0.3, -0.25) is 0 Å². The molecule has 31 heavy (non-hydrogen) atoms. The van der Waals surface area contributed by atoms with Gasteiger partial charge in [-0.05, 0) is 79.4 Å². The van der Waals surface area contributed by atoms with E-state index in [4.69, 9.17) is 9.47 Å². The van der Waals surface area contributed by atoms with Crippen LogP contribution in [0.15, 0.2) is 0 Å². The van der Waals surface area contributed by atoms with Gasteiger partial charge in [-0.1, -0.05) is 23.7 Å². The van der Waals surface area contributed by atoms with E-state index in [1.807, 2.05) is 0 Å². The summed E-state index contributed by atoms with van der Waals surface area (Å²) in [5, 5.41) is 10.2. The van der Waals surface area contributed by atoms with E-state index in [0.29, 0.717) is 47.1 Å². The lowest BCUT2D eigenvalue weighted by Gasteiger charge is -2.25. The maximum Gasteiger partial charge on any atom is 0.340 e. The van der Waals surface area contributed by atoms with Gasteiger partial charge in [-0.25, -0.2) is 9.59 Å². The highest BCUT2D eigenvalue weighted by molar-refractivity contribution is 6.02. The molecule has 0 bridgehead atoms. The van der Waals surface area contributed by atoms with Gasteiger partial charge >= 0.3 is 11.9 Å². The van der Waals surface area contributed by atoms with Crippen LogP contribution in [0.4, 0.5) is 0 Å². The topological polar surface area (TPSA) is 72.8 Å². The van der Waals surface area contributed by atoms with Crippen LogP contribution in [0.1, 0.15) is 104 Å². The van der Waals surface area contributed by atoms with Gasteiger partial charge < -0.3 is 14.6 Å². The van der Waals surface area contributed by atoms with Crippen LogP contribution in [0, 0.1) is 37.5 Å². The summed E-state index contributed by atoms with van der Waals surface area (Å²) < 4.78 is 11.3. The van der Waals surface area contributed by atoms with Gasteiger partial charge in [0.1, 0.15) is 17.3 Å². The highest BCUT2D eigenvalue weighted by Crippen LogP contribution is 2.30. The monoisotopic (exact) mass is 424 g/mol. The highest BCUT2D eigenvalue weighted by Gasteiger charge is 2.31. The molecule has 0 aromatic heterocycles. The molecule has 1 atom stereocenters. The second-order valence-corrected chi connectivity index (χ2v) is 9.73. The van der Waals surface area contributed by atoms with Crippen molar-refractivity contribution in [2.24, 2.45) is 0 Å². The molecule has 0 amide bonds. The number of aliphatic hydroxyl groups excluding tert-OH is 1. The fraction of sp³-hybridized carbons (Fsp3) is 0.538. The Morgan fingerprint density at radius 2 is 1.32 bits per heavy atom. The summed E-state index contributed by atoms with van der Waals surface area (Å²) in [6.45, 7) is 14.3. The first-order chi connectivity index (χ1) is 14.2. The molecule has 5 nitrogen and oxygen atoms in total. The minimum atomic E-state index is -0.842. The summed E-state index contributed by atoms with van der Waals surface area (Å²) in [6, 6.07) is 0. The molecule has 166 valence electrons. The van der Waals surface area contributed by atoms with Gasteiger partial charge in [0.15, 0.2) is 0 Å². The fourth-order valence-corrected chi connectivity index (χ4v) is 3.18. The summed E-state index contributed by atoms with van der Waals surface area (Å²) in [7, 11) is 0. The Bertz CT molecular complexity index is 1010. The van der Waals surface area contributed by atoms with Gasteiger partial charge in [-0.15, -0.1) is 0 Å². The second kappa shape index (κ2) is 9.16. The molecule has 0 spiro atoms. The molecule has 1 unspecified atom stereocenters. The molecule has 0 fully saturated rings. The molecule has 0 saturated heterocycles. The zero-order valence-corrected chi connectivity index (χ0v) is 19.8. The van der Waals surface area contributed by atoms with Crippen molar-refractivity contribution < 1.29 is 24.2 Å². The van der Waals surface area contributed by atoms with Gasteiger partial charge in [0.05, 0.1) is 22.3 Å². The van der Waals surface area contributed by atoms with E-state index < -0.39 is 29.2 Å². The lowest BCUT2D eigenvalue weighted by molar-refractivity contribution is 0.00496. The lowest BCUT2D eigenvalue weighted by atomic mass is 9.87. The smallest absolute Gasteiger partial charge is 0.340 e. The number of rotatable bonds is 2. The molecule has 0 aliphatic heterocycles. The number of carbonyl (C=O) groups excluding carboxylic acids is 2. The van der Waals surface area contributed by atoms with Crippen LogP contribution >= 0.6 is 0 Å². The van der Waals surface area contributed by atoms with Crippen molar-refractivity contribution in [1.82, 2.24) is 0 Å². The van der Waals surface area contributed by atoms with Crippen molar-refractivity contribution in [1.29, 1.82) is 0 Å². The summed E-state index contributed by atoms with van der Waals surface area (Å²) in [4.78, 5) is 26.3. The lowest BCUT2D eigenvalue weighted by Crippen LogP contribution is -2.28. The largest absolute Gasteiger partial charge is 0.456 e. The molecule has 1 aromatic rings. The maximum atomic E-state index is 13.1. The van der Waals surface area contributed by atoms with Crippen molar-refractivity contribution in [3.05, 3.63) is 33.4 Å². The van der Waals surface area contributed by atoms with E-state index in [-0.39, 0.29) is 5.56 Å². The number of ether oxygens (including phenoxy) is 2. The Labute approximate surface area is 185 Å². The van der Waals surface area contributed by atoms with E-state index in [2.05, 4.69) is 23.7 Å². The Hall–Kier alpha value is -2.76. The maximum absolute atomic E-state index is 13.1. The zero-order valence-electron chi connectivity index (χ0n) is 19.8. The predicted octanol–water partition coefficient (Wildman–Crippen LogP) is 4.46. The SMILES string of the molecule is Cc1c(C)c(C(=O)OC(C)(C)C)c2c(c1C(=O)OC(C)(C)C)C#CCCCC(O)C#C2. The van der Waals surface area contributed by atoms with Crippen LogP contribution in [0.2, 0.25) is 0 Å². The molecule has 1 aliphatic rings. The number of esters is 2. The van der Waals surface area contributed by atoms with E-state index in [1.54, 1.807) is 55.4 Å². The number of carbonyl (C=O) groups is 2. The summed E-state index contributed by atoms with van der Waals surface area (Å²) in [6.07, 6.45) is 0.873. The Balaban J connectivity index is 2.89. The molecule has 0 radical (unpaired) electrons. The summed E-state index contributed by atoms with van der Waals surface area (Å²) >= 11 is 0. The summed E-state index contributed by atoms with van der Waals surface area (Å²) in [5.41, 5.74) is 0.990. The summed E-state index contributed by atoms with van der Waals surface area (Å²) in [5.74, 6) is 10.8. The molecular formula is C26H32O5. The second-order valence-electron chi connectivity index (χ2n) is 9.73. The van der Waals surface area contributed by atoms with E-state index in [0.717, 1.165) is 0 Å². The van der Waals surface area contributed by atoms with Crippen molar-refractivity contribution in [3.8, 4) is 23.7 Å². The van der Waals surface area contributed by atoms with E-state index in [9.17, 15) is 14.7 Å². The normalized spacial score (nSPS) is 16.1. The average Bonchev–Trinajstić information content (AvgIpc) is 2.59. The quantitative estimate of drug-likeness (QED) is 0.560. The fourth-order valence-electron chi connectivity index (χ4n) is 3.18. The molecule has 1 aliphatic carbocycles. The number of fused-ring (bicyclic) bond motifs is 1. The molecule has 5 heteroatoms. The minimum absolute atomic E-state index is 0.268. The van der Waals surface area contributed by atoms with Crippen LogP contribution in [-0.2, 0) is 9.47 Å².